The summed E-state index contributed by atoms with van der Waals surface area (Å²) in [6, 6.07) is 4.69. The number of nitrogens with zero attached hydrogens (tertiary/aromatic N) is 3. The van der Waals surface area contributed by atoms with Crippen molar-refractivity contribution in [3.05, 3.63) is 23.0 Å². The van der Waals surface area contributed by atoms with Gasteiger partial charge in [-0.1, -0.05) is 13.8 Å². The van der Waals surface area contributed by atoms with Crippen LogP contribution in [0.3, 0.4) is 0 Å². The first-order valence-corrected chi connectivity index (χ1v) is 6.51. The second kappa shape index (κ2) is 5.86. The van der Waals surface area contributed by atoms with Crippen molar-refractivity contribution in [2.24, 2.45) is 5.92 Å². The highest BCUT2D eigenvalue weighted by Gasteiger charge is 2.18. The van der Waals surface area contributed by atoms with E-state index in [1.807, 2.05) is 19.9 Å². The Morgan fingerprint density at radius 2 is 1.89 bits per heavy atom. The predicted octanol–water partition coefficient (Wildman–Crippen LogP) is 3.44. The van der Waals surface area contributed by atoms with Crippen LogP contribution in [0.4, 0.5) is 5.69 Å². The fourth-order valence-electron chi connectivity index (χ4n) is 2.15. The highest BCUT2D eigenvalue weighted by atomic mass is 15.2. The van der Waals surface area contributed by atoms with Gasteiger partial charge in [0.05, 0.1) is 16.9 Å². The van der Waals surface area contributed by atoms with Crippen molar-refractivity contribution < 1.29 is 0 Å². The van der Waals surface area contributed by atoms with E-state index in [2.05, 4.69) is 43.6 Å². The molecule has 3 nitrogen and oxygen atoms in total. The summed E-state index contributed by atoms with van der Waals surface area (Å²) in [6.07, 6.45) is 0. The lowest BCUT2D eigenvalue weighted by molar-refractivity contribution is 0.570. The summed E-state index contributed by atoms with van der Waals surface area (Å²) in [4.78, 5) is 6.67. The summed E-state index contributed by atoms with van der Waals surface area (Å²) >= 11 is 0. The van der Waals surface area contributed by atoms with E-state index in [0.29, 0.717) is 17.5 Å². The largest absolute Gasteiger partial charge is 0.368 e. The van der Waals surface area contributed by atoms with Crippen LogP contribution in [0.5, 0.6) is 0 Å². The number of hydrogen-bond donors (Lipinski definition) is 0. The maximum absolute atomic E-state index is 9.34. The average molecular weight is 245 g/mol. The molecule has 0 aliphatic rings. The monoisotopic (exact) mass is 245 g/mol. The summed E-state index contributed by atoms with van der Waals surface area (Å²) in [6.45, 7) is 13.6. The Bertz CT molecular complexity index is 456. The Kier molecular flexibility index (Phi) is 4.72. The highest BCUT2D eigenvalue weighted by molar-refractivity contribution is 5.62. The van der Waals surface area contributed by atoms with Gasteiger partial charge in [-0.3, -0.25) is 4.98 Å². The van der Waals surface area contributed by atoms with Crippen molar-refractivity contribution >= 4 is 5.69 Å². The zero-order chi connectivity index (χ0) is 13.9. The Balaban J connectivity index is 3.31. The van der Waals surface area contributed by atoms with Gasteiger partial charge in [-0.15, -0.1) is 0 Å². The third kappa shape index (κ3) is 3.22. The van der Waals surface area contributed by atoms with E-state index in [4.69, 9.17) is 0 Å². The van der Waals surface area contributed by atoms with E-state index in [-0.39, 0.29) is 0 Å². The molecule has 0 fully saturated rings. The second-order valence-corrected chi connectivity index (χ2v) is 5.49. The Labute approximate surface area is 110 Å². The zero-order valence-electron chi connectivity index (χ0n) is 12.3. The molecule has 0 unspecified atom stereocenters. The average Bonchev–Trinajstić information content (AvgIpc) is 2.24. The van der Waals surface area contributed by atoms with E-state index >= 15 is 0 Å². The first-order chi connectivity index (χ1) is 8.36. The Morgan fingerprint density at radius 1 is 1.28 bits per heavy atom. The van der Waals surface area contributed by atoms with Crippen molar-refractivity contribution in [2.45, 2.75) is 47.6 Å². The predicted molar refractivity (Wildman–Crippen MR) is 75.7 cm³/mol. The van der Waals surface area contributed by atoms with Gasteiger partial charge in [0, 0.05) is 18.3 Å². The van der Waals surface area contributed by atoms with Crippen LogP contribution in [-0.4, -0.2) is 17.6 Å². The van der Waals surface area contributed by atoms with Crippen molar-refractivity contribution in [3.63, 3.8) is 0 Å². The maximum atomic E-state index is 9.34. The molecule has 18 heavy (non-hydrogen) atoms. The highest BCUT2D eigenvalue weighted by Crippen LogP contribution is 2.26. The number of hydrogen-bond acceptors (Lipinski definition) is 3. The number of pyridine rings is 1. The molecule has 0 saturated heterocycles. The van der Waals surface area contributed by atoms with Crippen molar-refractivity contribution in [2.75, 3.05) is 11.4 Å². The van der Waals surface area contributed by atoms with Gasteiger partial charge < -0.3 is 4.90 Å². The van der Waals surface area contributed by atoms with Gasteiger partial charge >= 0.3 is 0 Å². The quantitative estimate of drug-likeness (QED) is 0.815. The van der Waals surface area contributed by atoms with E-state index in [0.717, 1.165) is 23.6 Å². The summed E-state index contributed by atoms with van der Waals surface area (Å²) in [5.74, 6) is 0.563. The molecule has 0 aliphatic carbocycles. The first kappa shape index (κ1) is 14.5. The molecule has 0 amide bonds. The first-order valence-electron chi connectivity index (χ1n) is 6.51. The van der Waals surface area contributed by atoms with Crippen LogP contribution < -0.4 is 4.90 Å². The van der Waals surface area contributed by atoms with Crippen LogP contribution in [-0.2, 0) is 0 Å². The Morgan fingerprint density at radius 3 is 2.33 bits per heavy atom. The molecule has 1 aromatic heterocycles. The number of aromatic nitrogens is 1. The normalized spacial score (nSPS) is 10.8. The van der Waals surface area contributed by atoms with Gasteiger partial charge in [0.25, 0.3) is 0 Å². The number of nitriles is 1. The molecule has 0 atom stereocenters. The van der Waals surface area contributed by atoms with Gasteiger partial charge in [-0.25, -0.2) is 0 Å². The van der Waals surface area contributed by atoms with E-state index in [1.54, 1.807) is 0 Å². The van der Waals surface area contributed by atoms with Crippen LogP contribution in [0.15, 0.2) is 6.07 Å². The van der Waals surface area contributed by atoms with E-state index < -0.39 is 0 Å². The van der Waals surface area contributed by atoms with Gasteiger partial charge in [-0.05, 0) is 39.7 Å². The molecule has 0 radical (unpaired) electrons. The fourth-order valence-corrected chi connectivity index (χ4v) is 2.15. The number of aryl methyl sites for hydroxylation is 2. The molecular formula is C15H23N3. The minimum atomic E-state index is 0.376. The molecule has 0 bridgehead atoms. The molecule has 0 N–H and O–H groups in total. The lowest BCUT2D eigenvalue weighted by Crippen LogP contribution is -2.35. The van der Waals surface area contributed by atoms with Gasteiger partial charge in [-0.2, -0.15) is 5.26 Å². The van der Waals surface area contributed by atoms with Crippen molar-refractivity contribution in [1.82, 2.24) is 4.98 Å². The molecule has 98 valence electrons. The van der Waals surface area contributed by atoms with Crippen molar-refractivity contribution in [1.29, 1.82) is 5.26 Å². The third-order valence-corrected chi connectivity index (χ3v) is 2.91. The molecular weight excluding hydrogens is 222 g/mol. The lowest BCUT2D eigenvalue weighted by Gasteiger charge is -2.32. The molecule has 0 aromatic carbocycles. The molecule has 3 heteroatoms. The molecule has 1 rings (SSSR count). The lowest BCUT2D eigenvalue weighted by atomic mass is 10.1. The van der Waals surface area contributed by atoms with Crippen LogP contribution in [0.1, 0.15) is 44.6 Å². The standard InChI is InChI=1S/C15H23N3/c1-10(2)9-18(11(3)4)15-7-12(5)17-13(6)14(15)8-16/h7,10-11H,9H2,1-6H3. The van der Waals surface area contributed by atoms with E-state index in [1.165, 1.54) is 0 Å². The van der Waals surface area contributed by atoms with E-state index in [9.17, 15) is 5.26 Å². The SMILES string of the molecule is Cc1cc(N(CC(C)C)C(C)C)c(C#N)c(C)n1. The topological polar surface area (TPSA) is 39.9 Å². The third-order valence-electron chi connectivity index (χ3n) is 2.91. The van der Waals surface area contributed by atoms with Gasteiger partial charge in [0.2, 0.25) is 0 Å². The van der Waals surface area contributed by atoms with Crippen LogP contribution >= 0.6 is 0 Å². The molecule has 1 heterocycles. The molecule has 0 saturated carbocycles. The van der Waals surface area contributed by atoms with Crippen LogP contribution in [0.25, 0.3) is 0 Å². The molecule has 0 spiro atoms. The minimum absolute atomic E-state index is 0.376. The summed E-state index contributed by atoms with van der Waals surface area (Å²) in [5.41, 5.74) is 3.51. The Hall–Kier alpha value is -1.56. The summed E-state index contributed by atoms with van der Waals surface area (Å²) in [5, 5.41) is 9.34. The second-order valence-electron chi connectivity index (χ2n) is 5.49. The van der Waals surface area contributed by atoms with Crippen LogP contribution in [0, 0.1) is 31.1 Å². The van der Waals surface area contributed by atoms with Gasteiger partial charge in [0.15, 0.2) is 0 Å². The number of rotatable bonds is 4. The van der Waals surface area contributed by atoms with Crippen LogP contribution in [0.2, 0.25) is 0 Å². The smallest absolute Gasteiger partial charge is 0.103 e. The van der Waals surface area contributed by atoms with Gasteiger partial charge in [0.1, 0.15) is 6.07 Å². The zero-order valence-corrected chi connectivity index (χ0v) is 12.3. The summed E-state index contributed by atoms with van der Waals surface area (Å²) in [7, 11) is 0. The van der Waals surface area contributed by atoms with Crippen molar-refractivity contribution in [3.8, 4) is 6.07 Å². The fraction of sp³-hybridized carbons (Fsp3) is 0.600. The maximum Gasteiger partial charge on any atom is 0.103 e. The molecule has 1 aromatic rings. The minimum Gasteiger partial charge on any atom is -0.368 e. The summed E-state index contributed by atoms with van der Waals surface area (Å²) < 4.78 is 0. The number of anilines is 1. The molecule has 0 aliphatic heterocycles.